The van der Waals surface area contributed by atoms with Gasteiger partial charge in [-0.1, -0.05) is 0 Å². The van der Waals surface area contributed by atoms with Crippen LogP contribution in [0.15, 0.2) is 15.8 Å². The van der Waals surface area contributed by atoms with Crippen molar-refractivity contribution < 1.29 is 10.2 Å². The van der Waals surface area contributed by atoms with Gasteiger partial charge in [0.15, 0.2) is 0 Å². The van der Waals surface area contributed by atoms with Crippen molar-refractivity contribution in [3.05, 3.63) is 32.6 Å². The van der Waals surface area contributed by atoms with E-state index < -0.39 is 9.77 Å². The largest absolute Gasteiger partial charge is 0.394 e. The van der Waals surface area contributed by atoms with E-state index in [0.29, 0.717) is 11.3 Å². The van der Waals surface area contributed by atoms with Crippen LogP contribution in [-0.2, 0) is 0 Å². The molecule has 100 valence electrons. The summed E-state index contributed by atoms with van der Waals surface area (Å²) in [5.41, 5.74) is -0.386. The van der Waals surface area contributed by atoms with Crippen molar-refractivity contribution in [2.75, 3.05) is 19.0 Å². The van der Waals surface area contributed by atoms with Crippen molar-refractivity contribution >= 4 is 23.5 Å². The Kier molecular flexibility index (Phi) is 3.90. The number of aliphatic hydroxyl groups is 2. The molecule has 0 bridgehead atoms. The van der Waals surface area contributed by atoms with E-state index in [2.05, 4.69) is 4.98 Å². The highest BCUT2D eigenvalue weighted by molar-refractivity contribution is 8.21. The first-order valence-corrected chi connectivity index (χ1v) is 7.23. The molecule has 1 aliphatic heterocycles. The molecule has 8 heteroatoms. The van der Waals surface area contributed by atoms with Crippen LogP contribution in [0.4, 0.5) is 0 Å². The van der Waals surface area contributed by atoms with Gasteiger partial charge in [0.1, 0.15) is 4.08 Å². The maximum absolute atomic E-state index is 11.7. The summed E-state index contributed by atoms with van der Waals surface area (Å²) in [6, 6.07) is 0. The summed E-state index contributed by atoms with van der Waals surface area (Å²) in [5.74, 6) is 0.594. The molecule has 1 fully saturated rings. The third-order valence-electron chi connectivity index (χ3n) is 2.78. The van der Waals surface area contributed by atoms with Crippen LogP contribution in [0.5, 0.6) is 0 Å². The van der Waals surface area contributed by atoms with Gasteiger partial charge in [0.05, 0.1) is 18.6 Å². The maximum Gasteiger partial charge on any atom is 0.329 e. The molecule has 0 amide bonds. The fraction of sp³-hybridized carbons (Fsp3) is 0.600. The summed E-state index contributed by atoms with van der Waals surface area (Å²) in [5, 5.41) is 18.4. The summed E-state index contributed by atoms with van der Waals surface area (Å²) in [7, 11) is 0. The monoisotopic (exact) mass is 290 g/mol. The molecule has 0 aliphatic carbocycles. The first-order valence-electron chi connectivity index (χ1n) is 5.37. The topological polar surface area (TPSA) is 95.3 Å². The molecule has 1 atom stereocenters. The average Bonchev–Trinajstić information content (AvgIpc) is 2.79. The Morgan fingerprint density at radius 2 is 2.17 bits per heavy atom. The Morgan fingerprint density at radius 1 is 1.50 bits per heavy atom. The van der Waals surface area contributed by atoms with E-state index in [1.54, 1.807) is 6.92 Å². The Morgan fingerprint density at radius 3 is 2.72 bits per heavy atom. The molecule has 1 aliphatic rings. The van der Waals surface area contributed by atoms with Crippen molar-refractivity contribution in [1.82, 2.24) is 9.55 Å². The van der Waals surface area contributed by atoms with E-state index in [1.807, 2.05) is 0 Å². The maximum atomic E-state index is 11.7. The van der Waals surface area contributed by atoms with E-state index in [4.69, 9.17) is 0 Å². The first kappa shape index (κ1) is 13.7. The van der Waals surface area contributed by atoms with Gasteiger partial charge >= 0.3 is 5.69 Å². The van der Waals surface area contributed by atoms with Crippen molar-refractivity contribution in [2.45, 2.75) is 16.4 Å². The zero-order valence-corrected chi connectivity index (χ0v) is 11.4. The van der Waals surface area contributed by atoms with Gasteiger partial charge in [-0.15, -0.1) is 23.5 Å². The number of aromatic nitrogens is 2. The molecular weight excluding hydrogens is 276 g/mol. The number of aromatic amines is 1. The molecule has 0 radical (unpaired) electrons. The van der Waals surface area contributed by atoms with Gasteiger partial charge in [-0.25, -0.2) is 4.79 Å². The van der Waals surface area contributed by atoms with Gasteiger partial charge in [-0.05, 0) is 6.92 Å². The second kappa shape index (κ2) is 5.12. The summed E-state index contributed by atoms with van der Waals surface area (Å²) < 4.78 is 0.773. The molecule has 0 aromatic carbocycles. The Balaban J connectivity index is 2.33. The zero-order valence-electron chi connectivity index (χ0n) is 9.75. The third kappa shape index (κ3) is 2.37. The fourth-order valence-corrected chi connectivity index (χ4v) is 4.68. The van der Waals surface area contributed by atoms with Crippen molar-refractivity contribution in [3.63, 3.8) is 0 Å². The lowest BCUT2D eigenvalue weighted by Crippen LogP contribution is -2.33. The predicted molar refractivity (Wildman–Crippen MR) is 72.0 cm³/mol. The minimum absolute atomic E-state index is 0.160. The first-order chi connectivity index (χ1) is 8.51. The summed E-state index contributed by atoms with van der Waals surface area (Å²) in [4.78, 5) is 25.3. The number of rotatable bonds is 3. The summed E-state index contributed by atoms with van der Waals surface area (Å²) in [6.07, 6.45) is 1.52. The highest BCUT2D eigenvalue weighted by Crippen LogP contribution is 2.51. The van der Waals surface area contributed by atoms with Crippen molar-refractivity contribution in [2.24, 2.45) is 0 Å². The highest BCUT2D eigenvalue weighted by atomic mass is 32.2. The Bertz CT molecular complexity index is 550. The summed E-state index contributed by atoms with van der Waals surface area (Å²) in [6.45, 7) is 1.31. The van der Waals surface area contributed by atoms with Crippen LogP contribution in [0.1, 0.15) is 10.9 Å². The third-order valence-corrected chi connectivity index (χ3v) is 6.25. The minimum atomic E-state index is -0.672. The lowest BCUT2D eigenvalue weighted by molar-refractivity contribution is 0.216. The lowest BCUT2D eigenvalue weighted by atomic mass is 10.4. The molecular formula is C10H14N2O4S2. The lowest BCUT2D eigenvalue weighted by Gasteiger charge is -2.22. The van der Waals surface area contributed by atoms with Gasteiger partial charge in [-0.2, -0.15) is 0 Å². The SMILES string of the molecule is Cc1cn([C@H]2CSC(CO)(CO)S2)c(=O)[nH]c1=O. The number of aryl methyl sites for hydroxylation is 1. The normalized spacial score (nSPS) is 22.3. The molecule has 0 spiro atoms. The van der Waals surface area contributed by atoms with Crippen LogP contribution in [-0.4, -0.2) is 42.8 Å². The van der Waals surface area contributed by atoms with E-state index in [0.717, 1.165) is 0 Å². The number of nitrogens with one attached hydrogen (secondary N) is 1. The predicted octanol–water partition coefficient (Wildman–Crippen LogP) is -0.495. The quantitative estimate of drug-likeness (QED) is 0.695. The van der Waals surface area contributed by atoms with E-state index in [9.17, 15) is 19.8 Å². The minimum Gasteiger partial charge on any atom is -0.394 e. The van der Waals surface area contributed by atoms with Crippen LogP contribution in [0.3, 0.4) is 0 Å². The van der Waals surface area contributed by atoms with E-state index >= 15 is 0 Å². The average molecular weight is 290 g/mol. The molecule has 1 aromatic rings. The fourth-order valence-electron chi connectivity index (χ4n) is 1.69. The van der Waals surface area contributed by atoms with Gasteiger partial charge in [-0.3, -0.25) is 14.3 Å². The molecule has 0 unspecified atom stereocenters. The molecule has 18 heavy (non-hydrogen) atoms. The number of hydrogen-bond acceptors (Lipinski definition) is 6. The van der Waals surface area contributed by atoms with Gasteiger partial charge in [0, 0.05) is 17.5 Å². The smallest absolute Gasteiger partial charge is 0.329 e. The van der Waals surface area contributed by atoms with E-state index in [1.165, 1.54) is 34.3 Å². The van der Waals surface area contributed by atoms with Crippen molar-refractivity contribution in [1.29, 1.82) is 0 Å². The number of H-pyrrole nitrogens is 1. The molecule has 2 heterocycles. The molecule has 2 rings (SSSR count). The van der Waals surface area contributed by atoms with Gasteiger partial charge < -0.3 is 10.2 Å². The molecule has 6 nitrogen and oxygen atoms in total. The van der Waals surface area contributed by atoms with Crippen LogP contribution in [0, 0.1) is 6.92 Å². The second-order valence-corrected chi connectivity index (χ2v) is 7.31. The Labute approximate surface area is 111 Å². The Hall–Kier alpha value is -0.700. The molecule has 0 saturated carbocycles. The molecule has 1 saturated heterocycles. The summed E-state index contributed by atoms with van der Waals surface area (Å²) >= 11 is 2.77. The number of aliphatic hydroxyl groups excluding tert-OH is 2. The molecule has 3 N–H and O–H groups in total. The highest BCUT2D eigenvalue weighted by Gasteiger charge is 2.41. The number of thioether (sulfide) groups is 2. The number of hydrogen-bond donors (Lipinski definition) is 3. The van der Waals surface area contributed by atoms with Crippen molar-refractivity contribution in [3.8, 4) is 0 Å². The van der Waals surface area contributed by atoms with Gasteiger partial charge in [0.2, 0.25) is 0 Å². The molecule has 1 aromatic heterocycles. The van der Waals surface area contributed by atoms with E-state index in [-0.39, 0.29) is 24.1 Å². The van der Waals surface area contributed by atoms with Crippen LogP contribution >= 0.6 is 23.5 Å². The standard InChI is InChI=1S/C10H14N2O4S2/c1-6-2-12(9(16)11-8(6)15)7-3-17-10(4-13,5-14)18-7/h2,7,13-14H,3-5H2,1H3,(H,11,15,16)/t7-/m1/s1. The van der Waals surface area contributed by atoms with Crippen LogP contribution < -0.4 is 11.2 Å². The van der Waals surface area contributed by atoms with Crippen LogP contribution in [0.2, 0.25) is 0 Å². The zero-order chi connectivity index (χ0) is 13.3. The second-order valence-electron chi connectivity index (χ2n) is 4.09. The number of nitrogens with zero attached hydrogens (tertiary/aromatic N) is 1. The van der Waals surface area contributed by atoms with Crippen LogP contribution in [0.25, 0.3) is 0 Å². The van der Waals surface area contributed by atoms with Gasteiger partial charge in [0.25, 0.3) is 5.56 Å².